The van der Waals surface area contributed by atoms with E-state index in [1.165, 1.54) is 11.1 Å². The summed E-state index contributed by atoms with van der Waals surface area (Å²) < 4.78 is 11.1. The van der Waals surface area contributed by atoms with Gasteiger partial charge in [-0.3, -0.25) is 0 Å². The Morgan fingerprint density at radius 3 is 3.00 bits per heavy atom. The molecule has 2 N–H and O–H groups in total. The van der Waals surface area contributed by atoms with Crippen molar-refractivity contribution in [3.63, 3.8) is 0 Å². The van der Waals surface area contributed by atoms with E-state index in [9.17, 15) is 0 Å². The molecule has 4 heteroatoms. The first-order valence-electron chi connectivity index (χ1n) is 5.41. The number of hydrogen-bond donors (Lipinski definition) is 1. The molecule has 0 saturated carbocycles. The summed E-state index contributed by atoms with van der Waals surface area (Å²) in [5.41, 5.74) is 8.15. The monoisotopic (exact) mass is 239 g/mol. The van der Waals surface area contributed by atoms with Gasteiger partial charge in [0.25, 0.3) is 0 Å². The van der Waals surface area contributed by atoms with Gasteiger partial charge in [-0.25, -0.2) is 0 Å². The summed E-state index contributed by atoms with van der Waals surface area (Å²) in [6, 6.07) is 2.06. The van der Waals surface area contributed by atoms with Crippen molar-refractivity contribution in [3.8, 4) is 11.5 Å². The highest BCUT2D eigenvalue weighted by Crippen LogP contribution is 2.42. The van der Waals surface area contributed by atoms with E-state index in [0.717, 1.165) is 35.8 Å². The number of benzene rings is 1. The molecule has 0 bridgehead atoms. The number of nitrogens with two attached hydrogens (primary N) is 1. The van der Waals surface area contributed by atoms with Gasteiger partial charge < -0.3 is 15.2 Å². The molecule has 0 amide bonds. The van der Waals surface area contributed by atoms with Crippen molar-refractivity contribution in [1.29, 1.82) is 0 Å². The lowest BCUT2D eigenvalue weighted by molar-refractivity contribution is 0.349. The molecule has 0 saturated heterocycles. The molecule has 1 heterocycles. The van der Waals surface area contributed by atoms with Crippen LogP contribution in [-0.2, 0) is 12.8 Å². The molecule has 88 valence electrons. The zero-order chi connectivity index (χ0) is 11.5. The fraction of sp³-hybridized carbons (Fsp3) is 0.500. The standard InChI is InChI=1S/C12H17NO2S/c1-14-10-7-11(16-2)12-9(4-6-15-12)8(10)3-5-13/h7H,3-6,13H2,1-2H3. The van der Waals surface area contributed by atoms with Crippen molar-refractivity contribution >= 4 is 11.8 Å². The van der Waals surface area contributed by atoms with Crippen LogP contribution in [0.2, 0.25) is 0 Å². The number of ether oxygens (including phenoxy) is 2. The van der Waals surface area contributed by atoms with Crippen molar-refractivity contribution in [2.24, 2.45) is 5.73 Å². The number of methoxy groups -OCH3 is 1. The summed E-state index contributed by atoms with van der Waals surface area (Å²) in [6.07, 6.45) is 3.87. The van der Waals surface area contributed by atoms with E-state index in [1.54, 1.807) is 18.9 Å². The Kier molecular flexibility index (Phi) is 3.61. The molecular formula is C12H17NO2S. The first kappa shape index (κ1) is 11.6. The highest BCUT2D eigenvalue weighted by Gasteiger charge is 2.23. The van der Waals surface area contributed by atoms with Crippen LogP contribution in [0.4, 0.5) is 0 Å². The Labute approximate surface area is 100 Å². The molecule has 0 radical (unpaired) electrons. The maximum Gasteiger partial charge on any atom is 0.136 e. The molecule has 2 rings (SSSR count). The molecule has 0 fully saturated rings. The maximum atomic E-state index is 5.69. The quantitative estimate of drug-likeness (QED) is 0.814. The lowest BCUT2D eigenvalue weighted by Gasteiger charge is -2.14. The van der Waals surface area contributed by atoms with Gasteiger partial charge in [-0.1, -0.05) is 0 Å². The number of fused-ring (bicyclic) bond motifs is 1. The molecule has 0 spiro atoms. The molecule has 1 aliphatic heterocycles. The summed E-state index contributed by atoms with van der Waals surface area (Å²) in [5.74, 6) is 1.98. The lowest BCUT2D eigenvalue weighted by Crippen LogP contribution is -2.07. The predicted octanol–water partition coefficient (Wildman–Crippen LogP) is 1.85. The normalized spacial score (nSPS) is 13.4. The zero-order valence-corrected chi connectivity index (χ0v) is 10.5. The van der Waals surface area contributed by atoms with E-state index in [-0.39, 0.29) is 0 Å². The van der Waals surface area contributed by atoms with Crippen molar-refractivity contribution in [3.05, 3.63) is 17.2 Å². The van der Waals surface area contributed by atoms with Crippen LogP contribution in [0.3, 0.4) is 0 Å². The average molecular weight is 239 g/mol. The second kappa shape index (κ2) is 4.97. The van der Waals surface area contributed by atoms with Crippen LogP contribution in [0, 0.1) is 0 Å². The third-order valence-electron chi connectivity index (χ3n) is 2.85. The molecule has 0 unspecified atom stereocenters. The zero-order valence-electron chi connectivity index (χ0n) is 9.71. The molecule has 0 aromatic heterocycles. The number of hydrogen-bond acceptors (Lipinski definition) is 4. The van der Waals surface area contributed by atoms with Gasteiger partial charge in [0, 0.05) is 17.5 Å². The molecule has 16 heavy (non-hydrogen) atoms. The smallest absolute Gasteiger partial charge is 0.136 e. The molecule has 0 atom stereocenters. The van der Waals surface area contributed by atoms with Gasteiger partial charge in [0.15, 0.2) is 0 Å². The van der Waals surface area contributed by atoms with Crippen molar-refractivity contribution in [2.75, 3.05) is 26.5 Å². The van der Waals surface area contributed by atoms with Crippen LogP contribution >= 0.6 is 11.8 Å². The first-order chi connectivity index (χ1) is 7.81. The van der Waals surface area contributed by atoms with Crippen molar-refractivity contribution in [1.82, 2.24) is 0 Å². The Bertz CT molecular complexity index is 393. The molecule has 1 aliphatic rings. The topological polar surface area (TPSA) is 44.5 Å². The molecule has 0 aliphatic carbocycles. The summed E-state index contributed by atoms with van der Waals surface area (Å²) in [6.45, 7) is 1.41. The minimum Gasteiger partial charge on any atom is -0.496 e. The fourth-order valence-electron chi connectivity index (χ4n) is 2.14. The minimum absolute atomic E-state index is 0.640. The lowest BCUT2D eigenvalue weighted by atomic mass is 10.0. The molecule has 3 nitrogen and oxygen atoms in total. The van der Waals surface area contributed by atoms with Crippen LogP contribution < -0.4 is 15.2 Å². The average Bonchev–Trinajstić information content (AvgIpc) is 2.78. The van der Waals surface area contributed by atoms with E-state index in [0.29, 0.717) is 6.54 Å². The fourth-order valence-corrected chi connectivity index (χ4v) is 2.73. The van der Waals surface area contributed by atoms with E-state index < -0.39 is 0 Å². The van der Waals surface area contributed by atoms with Gasteiger partial charge in [-0.2, -0.15) is 0 Å². The van der Waals surface area contributed by atoms with Gasteiger partial charge in [-0.05, 0) is 25.3 Å². The van der Waals surface area contributed by atoms with E-state index in [1.807, 2.05) is 0 Å². The second-order valence-electron chi connectivity index (χ2n) is 3.70. The summed E-state index contributed by atoms with van der Waals surface area (Å²) in [5, 5.41) is 0. The van der Waals surface area contributed by atoms with Gasteiger partial charge in [0.05, 0.1) is 18.6 Å². The van der Waals surface area contributed by atoms with E-state index in [4.69, 9.17) is 15.2 Å². The minimum atomic E-state index is 0.640. The highest BCUT2D eigenvalue weighted by molar-refractivity contribution is 7.98. The van der Waals surface area contributed by atoms with Crippen LogP contribution in [0.1, 0.15) is 11.1 Å². The molecule has 1 aromatic carbocycles. The van der Waals surface area contributed by atoms with Crippen molar-refractivity contribution in [2.45, 2.75) is 17.7 Å². The van der Waals surface area contributed by atoms with Gasteiger partial charge in [0.1, 0.15) is 11.5 Å². The highest BCUT2D eigenvalue weighted by atomic mass is 32.2. The summed E-state index contributed by atoms with van der Waals surface area (Å²) in [7, 11) is 1.71. The summed E-state index contributed by atoms with van der Waals surface area (Å²) >= 11 is 1.69. The largest absolute Gasteiger partial charge is 0.496 e. The van der Waals surface area contributed by atoms with E-state index in [2.05, 4.69) is 12.3 Å². The number of rotatable bonds is 4. The third kappa shape index (κ3) is 1.87. The Balaban J connectivity index is 2.54. The second-order valence-corrected chi connectivity index (χ2v) is 4.55. The summed E-state index contributed by atoms with van der Waals surface area (Å²) in [4.78, 5) is 1.16. The van der Waals surface area contributed by atoms with Crippen LogP contribution in [-0.4, -0.2) is 26.5 Å². The Hall–Kier alpha value is -0.870. The van der Waals surface area contributed by atoms with Crippen LogP contribution in [0.25, 0.3) is 0 Å². The van der Waals surface area contributed by atoms with Crippen LogP contribution in [0.5, 0.6) is 11.5 Å². The predicted molar refractivity (Wildman–Crippen MR) is 66.7 cm³/mol. The van der Waals surface area contributed by atoms with Crippen LogP contribution in [0.15, 0.2) is 11.0 Å². The SMILES string of the molecule is COc1cc(SC)c2c(c1CCN)CCO2. The maximum absolute atomic E-state index is 5.69. The molecule has 1 aromatic rings. The van der Waals surface area contributed by atoms with Gasteiger partial charge >= 0.3 is 0 Å². The van der Waals surface area contributed by atoms with Crippen molar-refractivity contribution < 1.29 is 9.47 Å². The third-order valence-corrected chi connectivity index (χ3v) is 3.60. The number of thioether (sulfide) groups is 1. The van der Waals surface area contributed by atoms with Gasteiger partial charge in [0.2, 0.25) is 0 Å². The Morgan fingerprint density at radius 2 is 2.38 bits per heavy atom. The first-order valence-corrected chi connectivity index (χ1v) is 6.63. The van der Waals surface area contributed by atoms with E-state index >= 15 is 0 Å². The Morgan fingerprint density at radius 1 is 1.56 bits per heavy atom. The molecular weight excluding hydrogens is 222 g/mol. The van der Waals surface area contributed by atoms with Gasteiger partial charge in [-0.15, -0.1) is 11.8 Å².